The predicted molar refractivity (Wildman–Crippen MR) is 106 cm³/mol. The molecule has 0 bridgehead atoms. The number of fused-ring (bicyclic) bond motifs is 1. The van der Waals surface area contributed by atoms with Crippen molar-refractivity contribution < 1.29 is 19.1 Å². The van der Waals surface area contributed by atoms with Crippen molar-refractivity contribution in [1.29, 1.82) is 0 Å². The van der Waals surface area contributed by atoms with Crippen LogP contribution in [0.15, 0.2) is 53.8 Å². The van der Waals surface area contributed by atoms with Gasteiger partial charge in [0.1, 0.15) is 12.4 Å². The summed E-state index contributed by atoms with van der Waals surface area (Å²) in [7, 11) is 0. The molecule has 3 rings (SSSR count). The van der Waals surface area contributed by atoms with Crippen molar-refractivity contribution in [3.05, 3.63) is 53.8 Å². The number of nitrogens with zero attached hydrogens (tertiary/aromatic N) is 1. The van der Waals surface area contributed by atoms with Gasteiger partial charge in [0.05, 0.1) is 11.6 Å². The Hall–Kier alpha value is -2.21. The van der Waals surface area contributed by atoms with Crippen LogP contribution >= 0.6 is 15.9 Å². The minimum absolute atomic E-state index is 0.0540. The average molecular weight is 432 g/mol. The third kappa shape index (κ3) is 3.90. The molecule has 0 saturated carbocycles. The summed E-state index contributed by atoms with van der Waals surface area (Å²) in [6.45, 7) is 5.41. The molecule has 1 amide bonds. The highest BCUT2D eigenvalue weighted by molar-refractivity contribution is 9.09. The molecule has 1 aromatic rings. The van der Waals surface area contributed by atoms with Crippen LogP contribution in [0.4, 0.5) is 0 Å². The smallest absolute Gasteiger partial charge is 0.233 e. The number of halogens is 1. The van der Waals surface area contributed by atoms with Crippen LogP contribution in [0.2, 0.25) is 0 Å². The van der Waals surface area contributed by atoms with Crippen LogP contribution < -0.4 is 4.74 Å². The van der Waals surface area contributed by atoms with E-state index in [1.165, 1.54) is 6.92 Å². The highest BCUT2D eigenvalue weighted by atomic mass is 79.9. The zero-order valence-corrected chi connectivity index (χ0v) is 16.8. The molecule has 0 aliphatic carbocycles. The molecule has 0 N–H and O–H groups in total. The molecule has 2 atom stereocenters. The maximum atomic E-state index is 12.7. The van der Waals surface area contributed by atoms with Gasteiger partial charge < -0.3 is 9.64 Å². The fourth-order valence-corrected chi connectivity index (χ4v) is 4.12. The Bertz CT molecular complexity index is 815. The van der Waals surface area contributed by atoms with Crippen LogP contribution in [-0.4, -0.2) is 40.4 Å². The number of allylic oxidation sites excluding steroid dienone is 3. The van der Waals surface area contributed by atoms with Crippen LogP contribution in [0, 0.1) is 5.92 Å². The second-order valence-corrected chi connectivity index (χ2v) is 7.45. The first-order valence-electron chi connectivity index (χ1n) is 8.94. The van der Waals surface area contributed by atoms with Gasteiger partial charge in [-0.2, -0.15) is 0 Å². The van der Waals surface area contributed by atoms with E-state index in [2.05, 4.69) is 22.5 Å². The number of carbonyl (C=O) groups excluding carboxylic acids is 3. The minimum Gasteiger partial charge on any atom is -0.486 e. The number of Topliss-reactive ketones (excluding diaryl/α,β-unsaturated/α-hetero) is 2. The molecule has 0 aromatic heterocycles. The Morgan fingerprint density at radius 1 is 1.30 bits per heavy atom. The second-order valence-electron chi connectivity index (χ2n) is 6.89. The summed E-state index contributed by atoms with van der Waals surface area (Å²) in [4.78, 5) is 38.7. The van der Waals surface area contributed by atoms with E-state index >= 15 is 0 Å². The fraction of sp³-hybridized carbons (Fsp3) is 0.381. The summed E-state index contributed by atoms with van der Waals surface area (Å²) in [5, 5.41) is 0.560. The summed E-state index contributed by atoms with van der Waals surface area (Å²) in [6.07, 6.45) is 1.58. The van der Waals surface area contributed by atoms with E-state index < -0.39 is 0 Å². The summed E-state index contributed by atoms with van der Waals surface area (Å²) in [6, 6.07) is 9.02. The van der Waals surface area contributed by atoms with Gasteiger partial charge in [-0.3, -0.25) is 14.4 Å². The molecule has 27 heavy (non-hydrogen) atoms. The van der Waals surface area contributed by atoms with Gasteiger partial charge in [0, 0.05) is 24.7 Å². The zero-order valence-electron chi connectivity index (χ0n) is 15.2. The number of benzene rings is 1. The maximum Gasteiger partial charge on any atom is 0.233 e. The van der Waals surface area contributed by atoms with Crippen LogP contribution in [0.1, 0.15) is 26.2 Å². The number of ether oxygens (including phenoxy) is 1. The van der Waals surface area contributed by atoms with Gasteiger partial charge in [-0.05, 0) is 36.1 Å². The van der Waals surface area contributed by atoms with Crippen LogP contribution in [0.5, 0.6) is 5.75 Å². The number of ketones is 2. The van der Waals surface area contributed by atoms with Crippen LogP contribution in [-0.2, 0) is 14.4 Å². The minimum atomic E-state index is -0.370. The van der Waals surface area contributed by atoms with Crippen molar-refractivity contribution in [2.24, 2.45) is 5.92 Å². The van der Waals surface area contributed by atoms with Crippen LogP contribution in [0.25, 0.3) is 0 Å². The van der Waals surface area contributed by atoms with Crippen molar-refractivity contribution in [3.8, 4) is 5.75 Å². The highest BCUT2D eigenvalue weighted by Gasteiger charge is 2.52. The van der Waals surface area contributed by atoms with E-state index in [4.69, 9.17) is 4.74 Å². The summed E-state index contributed by atoms with van der Waals surface area (Å²) >= 11 is 3.37. The molecular formula is C21H22BrNO4. The number of rotatable bonds is 8. The topological polar surface area (TPSA) is 63.7 Å². The number of amides is 1. The maximum absolute atomic E-state index is 12.7. The summed E-state index contributed by atoms with van der Waals surface area (Å²) in [5.74, 6) is -0.143. The first kappa shape index (κ1) is 19.5. The van der Waals surface area contributed by atoms with Gasteiger partial charge in [-0.1, -0.05) is 40.7 Å². The normalized spacial score (nSPS) is 21.4. The largest absolute Gasteiger partial charge is 0.486 e. The Morgan fingerprint density at radius 2 is 2.00 bits per heavy atom. The molecule has 1 unspecified atom stereocenters. The van der Waals surface area contributed by atoms with E-state index in [0.29, 0.717) is 23.2 Å². The molecule has 6 heteroatoms. The zero-order chi connectivity index (χ0) is 19.6. The number of hydrogen-bond acceptors (Lipinski definition) is 4. The molecule has 1 saturated heterocycles. The van der Waals surface area contributed by atoms with Crippen molar-refractivity contribution in [2.45, 2.75) is 32.2 Å². The average Bonchev–Trinajstić information content (AvgIpc) is 2.69. The first-order valence-corrected chi connectivity index (χ1v) is 10.1. The Labute approximate surface area is 167 Å². The Morgan fingerprint density at radius 3 is 2.63 bits per heavy atom. The number of para-hydroxylation sites is 1. The van der Waals surface area contributed by atoms with E-state index in [1.807, 2.05) is 18.2 Å². The van der Waals surface area contributed by atoms with E-state index in [0.717, 1.165) is 17.6 Å². The number of carbonyl (C=O) groups is 3. The third-order valence-corrected chi connectivity index (χ3v) is 5.76. The molecule has 2 aliphatic heterocycles. The quantitative estimate of drug-likeness (QED) is 0.467. The SMILES string of the molecule is C=C(CBr)C1=C(C(C)=O)N2C(=O)[C@@H](CC(=O)COc3ccccc3)C2CC1. The summed E-state index contributed by atoms with van der Waals surface area (Å²) < 4.78 is 5.48. The number of alkyl halides is 1. The lowest BCUT2D eigenvalue weighted by molar-refractivity contribution is -0.157. The van der Waals surface area contributed by atoms with Gasteiger partial charge in [0.2, 0.25) is 5.91 Å². The lowest BCUT2D eigenvalue weighted by atomic mass is 9.75. The van der Waals surface area contributed by atoms with E-state index in [-0.39, 0.29) is 42.5 Å². The van der Waals surface area contributed by atoms with Crippen molar-refractivity contribution in [3.63, 3.8) is 0 Å². The number of β-lactam (4-membered cyclic amide) rings is 1. The Balaban J connectivity index is 1.65. The van der Waals surface area contributed by atoms with Gasteiger partial charge in [0.25, 0.3) is 0 Å². The van der Waals surface area contributed by atoms with Crippen LogP contribution in [0.3, 0.4) is 0 Å². The summed E-state index contributed by atoms with van der Waals surface area (Å²) in [5.41, 5.74) is 2.12. The van der Waals surface area contributed by atoms with Gasteiger partial charge >= 0.3 is 0 Å². The highest BCUT2D eigenvalue weighted by Crippen LogP contribution is 2.43. The van der Waals surface area contributed by atoms with Crippen molar-refractivity contribution in [2.75, 3.05) is 11.9 Å². The molecular weight excluding hydrogens is 410 g/mol. The predicted octanol–water partition coefficient (Wildman–Crippen LogP) is 3.44. The lowest BCUT2D eigenvalue weighted by Gasteiger charge is -2.51. The molecule has 2 heterocycles. The molecule has 1 aromatic carbocycles. The number of hydrogen-bond donors (Lipinski definition) is 0. The second kappa shape index (κ2) is 8.21. The fourth-order valence-electron chi connectivity index (χ4n) is 3.78. The van der Waals surface area contributed by atoms with Gasteiger partial charge in [-0.15, -0.1) is 0 Å². The third-order valence-electron chi connectivity index (χ3n) is 5.08. The van der Waals surface area contributed by atoms with Gasteiger partial charge in [0.15, 0.2) is 11.6 Å². The standard InChI is InChI=1S/C21H22BrNO4/c1-13(11-22)17-8-9-19-18(21(26)23(19)20(17)14(2)24)10-15(25)12-27-16-6-4-3-5-7-16/h3-7,18-19H,1,8-12H2,2H3/t18-,19?/m0/s1. The first-order chi connectivity index (χ1) is 12.9. The lowest BCUT2D eigenvalue weighted by Crippen LogP contribution is -2.63. The van der Waals surface area contributed by atoms with Crippen molar-refractivity contribution in [1.82, 2.24) is 4.90 Å². The van der Waals surface area contributed by atoms with E-state index in [1.54, 1.807) is 17.0 Å². The van der Waals surface area contributed by atoms with Gasteiger partial charge in [-0.25, -0.2) is 0 Å². The molecule has 142 valence electrons. The molecule has 2 aliphatic rings. The molecule has 5 nitrogen and oxygen atoms in total. The van der Waals surface area contributed by atoms with Crippen molar-refractivity contribution >= 4 is 33.4 Å². The molecule has 0 spiro atoms. The molecule has 0 radical (unpaired) electrons. The van der Waals surface area contributed by atoms with E-state index in [9.17, 15) is 14.4 Å². The monoisotopic (exact) mass is 431 g/mol. The molecule has 1 fully saturated rings. The Kier molecular flexibility index (Phi) is 5.95.